The minimum atomic E-state index is -3.70. The van der Waals surface area contributed by atoms with Gasteiger partial charge in [-0.3, -0.25) is 0 Å². The molecule has 6 heteroatoms. The third kappa shape index (κ3) is 3.05. The van der Waals surface area contributed by atoms with Crippen molar-refractivity contribution in [3.8, 4) is 0 Å². The molecule has 25 heavy (non-hydrogen) atoms. The second kappa shape index (κ2) is 6.37. The maximum Gasteiger partial charge on any atom is 0.338 e. The highest BCUT2D eigenvalue weighted by Gasteiger charge is 2.21. The van der Waals surface area contributed by atoms with Crippen molar-refractivity contribution in [2.45, 2.75) is 25.7 Å². The molecular formula is C19H19NO4S. The van der Waals surface area contributed by atoms with Crippen molar-refractivity contribution in [3.05, 3.63) is 65.4 Å². The lowest BCUT2D eigenvalue weighted by atomic mass is 10.1. The number of hydrogen-bond acceptors (Lipinski definition) is 4. The van der Waals surface area contributed by atoms with E-state index in [4.69, 9.17) is 4.74 Å². The highest BCUT2D eigenvalue weighted by molar-refractivity contribution is 7.90. The summed E-state index contributed by atoms with van der Waals surface area (Å²) < 4.78 is 32.2. The number of nitrogens with zero attached hydrogens (tertiary/aromatic N) is 1. The lowest BCUT2D eigenvalue weighted by Gasteiger charge is -2.08. The van der Waals surface area contributed by atoms with Gasteiger partial charge >= 0.3 is 5.97 Å². The van der Waals surface area contributed by atoms with Crippen LogP contribution in [-0.2, 0) is 14.8 Å². The van der Waals surface area contributed by atoms with E-state index in [1.165, 1.54) is 3.97 Å². The fourth-order valence-corrected chi connectivity index (χ4v) is 4.15. The summed E-state index contributed by atoms with van der Waals surface area (Å²) in [5, 5.41) is 0.709. The molecule has 0 N–H and O–H groups in total. The molecule has 0 saturated carbocycles. The lowest BCUT2D eigenvalue weighted by Crippen LogP contribution is -2.12. The number of carbonyl (C=O) groups is 1. The fourth-order valence-electron chi connectivity index (χ4n) is 2.72. The van der Waals surface area contributed by atoms with Crippen LogP contribution in [0.1, 0.15) is 28.4 Å². The van der Waals surface area contributed by atoms with Gasteiger partial charge in [0.05, 0.1) is 22.6 Å². The van der Waals surface area contributed by atoms with Crippen LogP contribution in [0.4, 0.5) is 0 Å². The van der Waals surface area contributed by atoms with Crippen LogP contribution in [0, 0.1) is 13.8 Å². The van der Waals surface area contributed by atoms with E-state index in [0.29, 0.717) is 23.1 Å². The predicted octanol–water partition coefficient (Wildman–Crippen LogP) is 3.67. The van der Waals surface area contributed by atoms with Gasteiger partial charge in [-0.05, 0) is 56.7 Å². The molecule has 0 saturated heterocycles. The van der Waals surface area contributed by atoms with Crippen LogP contribution in [-0.4, -0.2) is 25.0 Å². The molecule has 0 bridgehead atoms. The van der Waals surface area contributed by atoms with E-state index in [0.717, 1.165) is 11.1 Å². The standard InChI is InChI=1S/C19H19NO4S/c1-4-24-19(21)15-7-10-18-17(11-15)14(3)12-20(18)25(22,23)16-8-5-13(2)6-9-16/h5-12H,4H2,1-3H3. The molecule has 0 amide bonds. The van der Waals surface area contributed by atoms with Gasteiger partial charge in [0.2, 0.25) is 0 Å². The Balaban J connectivity index is 2.14. The van der Waals surface area contributed by atoms with Crippen LogP contribution in [0.2, 0.25) is 0 Å². The first-order valence-electron chi connectivity index (χ1n) is 7.95. The van der Waals surface area contributed by atoms with Gasteiger partial charge in [0.15, 0.2) is 0 Å². The predicted molar refractivity (Wildman–Crippen MR) is 96.4 cm³/mol. The molecular weight excluding hydrogens is 338 g/mol. The maximum absolute atomic E-state index is 13.0. The third-order valence-electron chi connectivity index (χ3n) is 4.06. The van der Waals surface area contributed by atoms with E-state index >= 15 is 0 Å². The Hall–Kier alpha value is -2.60. The molecule has 130 valence electrons. The molecule has 0 aliphatic heterocycles. The van der Waals surface area contributed by atoms with Crippen molar-refractivity contribution in [1.82, 2.24) is 3.97 Å². The van der Waals surface area contributed by atoms with Crippen molar-refractivity contribution < 1.29 is 17.9 Å². The van der Waals surface area contributed by atoms with Crippen molar-refractivity contribution in [2.24, 2.45) is 0 Å². The zero-order valence-electron chi connectivity index (χ0n) is 14.3. The van der Waals surface area contributed by atoms with Crippen molar-refractivity contribution in [2.75, 3.05) is 6.61 Å². The zero-order valence-corrected chi connectivity index (χ0v) is 15.1. The summed E-state index contributed by atoms with van der Waals surface area (Å²) in [7, 11) is -3.70. The summed E-state index contributed by atoms with van der Waals surface area (Å²) in [5.74, 6) is -0.419. The number of carbonyl (C=O) groups excluding carboxylic acids is 1. The Morgan fingerprint density at radius 1 is 1.08 bits per heavy atom. The quantitative estimate of drug-likeness (QED) is 0.668. The minimum Gasteiger partial charge on any atom is -0.462 e. The SMILES string of the molecule is CCOC(=O)c1ccc2c(c1)c(C)cn2S(=O)(=O)c1ccc(C)cc1. The monoisotopic (exact) mass is 357 g/mol. The summed E-state index contributed by atoms with van der Waals surface area (Å²) in [6.07, 6.45) is 1.58. The summed E-state index contributed by atoms with van der Waals surface area (Å²) in [4.78, 5) is 12.1. The Morgan fingerprint density at radius 3 is 2.40 bits per heavy atom. The van der Waals surface area contributed by atoms with Crippen LogP contribution in [0.15, 0.2) is 53.6 Å². The molecule has 3 rings (SSSR count). The molecule has 1 aromatic heterocycles. The molecule has 0 fully saturated rings. The Morgan fingerprint density at radius 2 is 1.76 bits per heavy atom. The smallest absolute Gasteiger partial charge is 0.338 e. The second-order valence-corrected chi connectivity index (χ2v) is 7.69. The second-order valence-electron chi connectivity index (χ2n) is 5.88. The number of aromatic nitrogens is 1. The van der Waals surface area contributed by atoms with Crippen LogP contribution >= 0.6 is 0 Å². The first-order chi connectivity index (χ1) is 11.8. The number of esters is 1. The van der Waals surface area contributed by atoms with Gasteiger partial charge in [-0.25, -0.2) is 17.2 Å². The zero-order chi connectivity index (χ0) is 18.2. The molecule has 3 aromatic rings. The highest BCUT2D eigenvalue weighted by atomic mass is 32.2. The third-order valence-corrected chi connectivity index (χ3v) is 5.75. The summed E-state index contributed by atoms with van der Waals surface area (Å²) in [6, 6.07) is 11.6. The molecule has 0 aliphatic rings. The van der Waals surface area contributed by atoms with Crippen LogP contribution < -0.4 is 0 Å². The van der Waals surface area contributed by atoms with Gasteiger partial charge in [0, 0.05) is 11.6 Å². The Labute approximate surface area is 146 Å². The number of fused-ring (bicyclic) bond motifs is 1. The van der Waals surface area contributed by atoms with Gasteiger partial charge in [0.25, 0.3) is 10.0 Å². The normalized spacial score (nSPS) is 11.6. The molecule has 2 aromatic carbocycles. The van der Waals surface area contributed by atoms with Gasteiger partial charge in [-0.1, -0.05) is 17.7 Å². The van der Waals surface area contributed by atoms with Crippen LogP contribution in [0.3, 0.4) is 0 Å². The van der Waals surface area contributed by atoms with Crippen molar-refractivity contribution in [1.29, 1.82) is 0 Å². The fraction of sp³-hybridized carbons (Fsp3) is 0.211. The topological polar surface area (TPSA) is 65.4 Å². The first-order valence-corrected chi connectivity index (χ1v) is 9.39. The summed E-state index contributed by atoms with van der Waals surface area (Å²) in [5.41, 5.74) is 2.71. The minimum absolute atomic E-state index is 0.226. The molecule has 0 atom stereocenters. The molecule has 0 unspecified atom stereocenters. The van der Waals surface area contributed by atoms with Gasteiger partial charge in [-0.15, -0.1) is 0 Å². The van der Waals surface area contributed by atoms with Gasteiger partial charge in [0.1, 0.15) is 0 Å². The molecule has 5 nitrogen and oxygen atoms in total. The van der Waals surface area contributed by atoms with Gasteiger partial charge in [-0.2, -0.15) is 0 Å². The maximum atomic E-state index is 13.0. The van der Waals surface area contributed by atoms with E-state index < -0.39 is 16.0 Å². The largest absolute Gasteiger partial charge is 0.462 e. The van der Waals surface area contributed by atoms with E-state index in [1.807, 2.05) is 13.8 Å². The molecule has 1 heterocycles. The lowest BCUT2D eigenvalue weighted by molar-refractivity contribution is 0.0526. The summed E-state index contributed by atoms with van der Waals surface area (Å²) in [6.45, 7) is 5.76. The Bertz CT molecular complexity index is 1050. The van der Waals surface area contributed by atoms with Crippen molar-refractivity contribution in [3.63, 3.8) is 0 Å². The molecule has 0 spiro atoms. The Kier molecular flexibility index (Phi) is 4.39. The van der Waals surface area contributed by atoms with Crippen LogP contribution in [0.25, 0.3) is 10.9 Å². The van der Waals surface area contributed by atoms with E-state index in [1.54, 1.807) is 55.6 Å². The van der Waals surface area contributed by atoms with Gasteiger partial charge < -0.3 is 4.74 Å². The first kappa shape index (κ1) is 17.2. The van der Waals surface area contributed by atoms with E-state index in [-0.39, 0.29) is 4.90 Å². The molecule has 0 aliphatic carbocycles. The summed E-state index contributed by atoms with van der Waals surface area (Å²) >= 11 is 0. The highest BCUT2D eigenvalue weighted by Crippen LogP contribution is 2.27. The average molecular weight is 357 g/mol. The van der Waals surface area contributed by atoms with E-state index in [2.05, 4.69) is 0 Å². The van der Waals surface area contributed by atoms with Crippen LogP contribution in [0.5, 0.6) is 0 Å². The van der Waals surface area contributed by atoms with Crippen molar-refractivity contribution >= 4 is 26.9 Å². The van der Waals surface area contributed by atoms with E-state index in [9.17, 15) is 13.2 Å². The molecule has 0 radical (unpaired) electrons. The number of benzene rings is 2. The number of rotatable bonds is 4. The number of hydrogen-bond donors (Lipinski definition) is 0. The average Bonchev–Trinajstić information content (AvgIpc) is 2.93. The number of aryl methyl sites for hydroxylation is 2. The number of ether oxygens (including phenoxy) is 1.